The van der Waals surface area contributed by atoms with Crippen molar-refractivity contribution in [3.05, 3.63) is 0 Å². The maximum atomic E-state index is 10.9. The molecule has 5 fully saturated rings. The van der Waals surface area contributed by atoms with Crippen molar-refractivity contribution in [2.45, 2.75) is 44.1 Å². The van der Waals surface area contributed by atoms with Crippen LogP contribution >= 0.6 is 0 Å². The van der Waals surface area contributed by atoms with Gasteiger partial charge in [-0.15, -0.1) is 0 Å². The third-order valence-corrected chi connectivity index (χ3v) is 6.01. The van der Waals surface area contributed by atoms with Crippen LogP contribution in [-0.4, -0.2) is 23.8 Å². The first kappa shape index (κ1) is 9.90. The minimum absolute atomic E-state index is 0.345. The van der Waals surface area contributed by atoms with Crippen molar-refractivity contribution in [3.8, 4) is 0 Å². The molecule has 1 saturated heterocycles. The van der Waals surface area contributed by atoms with E-state index < -0.39 is 0 Å². The van der Waals surface area contributed by atoms with Gasteiger partial charge in [0.2, 0.25) is 0 Å². The van der Waals surface area contributed by atoms with Gasteiger partial charge in [0.25, 0.3) is 0 Å². The van der Waals surface area contributed by atoms with E-state index in [4.69, 9.17) is 0 Å². The molecule has 0 aromatic rings. The van der Waals surface area contributed by atoms with Gasteiger partial charge < -0.3 is 10.4 Å². The van der Waals surface area contributed by atoms with Gasteiger partial charge in [-0.25, -0.2) is 0 Å². The van der Waals surface area contributed by atoms with Crippen LogP contribution in [0.3, 0.4) is 0 Å². The van der Waals surface area contributed by atoms with Crippen molar-refractivity contribution in [2.24, 2.45) is 29.6 Å². The second-order valence-electron chi connectivity index (χ2n) is 6.99. The molecule has 90 valence electrons. The molecule has 1 unspecified atom stereocenters. The van der Waals surface area contributed by atoms with Crippen LogP contribution in [0.4, 0.5) is 0 Å². The highest BCUT2D eigenvalue weighted by molar-refractivity contribution is 5.07. The number of nitrogens with one attached hydrogen (secondary N) is 1. The van der Waals surface area contributed by atoms with Crippen LogP contribution < -0.4 is 5.32 Å². The fourth-order valence-electron chi connectivity index (χ4n) is 5.79. The Bertz CT molecular complexity index is 267. The van der Waals surface area contributed by atoms with E-state index in [0.29, 0.717) is 5.92 Å². The smallest absolute Gasteiger partial charge is 0.0816 e. The van der Waals surface area contributed by atoms with Gasteiger partial charge in [0, 0.05) is 6.54 Å². The molecule has 0 radical (unpaired) electrons. The Morgan fingerprint density at radius 2 is 1.56 bits per heavy atom. The number of hydrogen-bond donors (Lipinski definition) is 2. The average Bonchev–Trinajstić information content (AvgIpc) is 2.64. The van der Waals surface area contributed by atoms with Crippen LogP contribution in [-0.2, 0) is 0 Å². The molecule has 4 saturated carbocycles. The Morgan fingerprint density at radius 1 is 0.938 bits per heavy atom. The van der Waals surface area contributed by atoms with E-state index >= 15 is 0 Å². The number of rotatable bonds is 1. The SMILES string of the molecule is OC1(C2C3CC4CC(C3)CC2C4)CCNC1. The Morgan fingerprint density at radius 3 is 2.06 bits per heavy atom. The zero-order valence-corrected chi connectivity index (χ0v) is 9.99. The second-order valence-corrected chi connectivity index (χ2v) is 6.99. The monoisotopic (exact) mass is 221 g/mol. The lowest BCUT2D eigenvalue weighted by Crippen LogP contribution is -2.55. The van der Waals surface area contributed by atoms with Crippen LogP contribution in [0.2, 0.25) is 0 Å². The largest absolute Gasteiger partial charge is 0.388 e. The Balaban J connectivity index is 1.64. The molecule has 0 spiro atoms. The van der Waals surface area contributed by atoms with E-state index in [1.807, 2.05) is 0 Å². The maximum absolute atomic E-state index is 10.9. The molecule has 1 atom stereocenters. The summed E-state index contributed by atoms with van der Waals surface area (Å²) >= 11 is 0. The standard InChI is InChI=1S/C14H23NO/c16-14(1-2-15-8-14)13-11-4-9-3-10(6-11)7-12(13)5-9/h9-13,15-16H,1-8H2. The van der Waals surface area contributed by atoms with Crippen LogP contribution in [0.5, 0.6) is 0 Å². The summed E-state index contributed by atoms with van der Waals surface area (Å²) in [7, 11) is 0. The van der Waals surface area contributed by atoms with E-state index in [1.54, 1.807) is 0 Å². The predicted molar refractivity (Wildman–Crippen MR) is 63.0 cm³/mol. The van der Waals surface area contributed by atoms with Gasteiger partial charge in [0.05, 0.1) is 5.60 Å². The van der Waals surface area contributed by atoms with Crippen molar-refractivity contribution in [1.82, 2.24) is 5.32 Å². The lowest BCUT2D eigenvalue weighted by Gasteiger charge is -2.58. The molecule has 1 heterocycles. The Kier molecular flexibility index (Phi) is 2.00. The molecule has 5 rings (SSSR count). The van der Waals surface area contributed by atoms with E-state index in [9.17, 15) is 5.11 Å². The number of β-amino-alcohol motifs (C(OH)–C–C–N with tert-alkyl or cyclic N) is 1. The molecule has 0 amide bonds. The van der Waals surface area contributed by atoms with E-state index in [1.165, 1.54) is 32.1 Å². The van der Waals surface area contributed by atoms with Crippen molar-refractivity contribution in [1.29, 1.82) is 0 Å². The van der Waals surface area contributed by atoms with Gasteiger partial charge in [-0.1, -0.05) is 0 Å². The van der Waals surface area contributed by atoms with E-state index in [0.717, 1.165) is 43.2 Å². The third kappa shape index (κ3) is 1.26. The molecule has 2 nitrogen and oxygen atoms in total. The highest BCUT2D eigenvalue weighted by Crippen LogP contribution is 2.59. The quantitative estimate of drug-likeness (QED) is 0.707. The van der Waals surface area contributed by atoms with Gasteiger partial charge in [-0.3, -0.25) is 0 Å². The van der Waals surface area contributed by atoms with Crippen LogP contribution in [0.1, 0.15) is 38.5 Å². The Hall–Kier alpha value is -0.0800. The molecule has 0 aromatic carbocycles. The van der Waals surface area contributed by atoms with Gasteiger partial charge >= 0.3 is 0 Å². The lowest BCUT2D eigenvalue weighted by atomic mass is 9.48. The number of hydrogen-bond acceptors (Lipinski definition) is 2. The normalized spacial score (nSPS) is 59.4. The lowest BCUT2D eigenvalue weighted by molar-refractivity contribution is -0.133. The van der Waals surface area contributed by atoms with E-state index in [-0.39, 0.29) is 5.60 Å². The molecule has 2 heteroatoms. The summed E-state index contributed by atoms with van der Waals surface area (Å²) in [5.41, 5.74) is -0.345. The van der Waals surface area contributed by atoms with Gasteiger partial charge in [0.15, 0.2) is 0 Å². The van der Waals surface area contributed by atoms with Crippen molar-refractivity contribution in [3.63, 3.8) is 0 Å². The molecular weight excluding hydrogens is 198 g/mol. The molecule has 16 heavy (non-hydrogen) atoms. The Labute approximate surface area is 97.8 Å². The summed E-state index contributed by atoms with van der Waals surface area (Å²) < 4.78 is 0. The van der Waals surface area contributed by atoms with Crippen LogP contribution in [0, 0.1) is 29.6 Å². The van der Waals surface area contributed by atoms with E-state index in [2.05, 4.69) is 5.32 Å². The highest BCUT2D eigenvalue weighted by Gasteiger charge is 2.55. The second kappa shape index (κ2) is 3.23. The van der Waals surface area contributed by atoms with Gasteiger partial charge in [-0.2, -0.15) is 0 Å². The molecule has 1 aliphatic heterocycles. The van der Waals surface area contributed by atoms with Gasteiger partial charge in [-0.05, 0) is 74.7 Å². The maximum Gasteiger partial charge on any atom is 0.0816 e. The first-order valence-corrected chi connectivity index (χ1v) is 7.18. The summed E-state index contributed by atoms with van der Waals surface area (Å²) in [6, 6.07) is 0. The van der Waals surface area contributed by atoms with Crippen molar-refractivity contribution < 1.29 is 5.11 Å². The summed E-state index contributed by atoms with van der Waals surface area (Å²) in [6.45, 7) is 1.89. The molecule has 2 N–H and O–H groups in total. The molecule has 5 aliphatic rings. The highest BCUT2D eigenvalue weighted by atomic mass is 16.3. The summed E-state index contributed by atoms with van der Waals surface area (Å²) in [4.78, 5) is 0. The first-order valence-electron chi connectivity index (χ1n) is 7.18. The fourth-order valence-corrected chi connectivity index (χ4v) is 5.79. The summed E-state index contributed by atoms with van der Waals surface area (Å²) in [5, 5.41) is 14.2. The number of aliphatic hydroxyl groups is 1. The average molecular weight is 221 g/mol. The minimum Gasteiger partial charge on any atom is -0.388 e. The van der Waals surface area contributed by atoms with Crippen LogP contribution in [0.15, 0.2) is 0 Å². The first-order chi connectivity index (χ1) is 7.74. The summed E-state index contributed by atoms with van der Waals surface area (Å²) in [6.07, 6.45) is 8.23. The zero-order chi connectivity index (χ0) is 10.8. The fraction of sp³-hybridized carbons (Fsp3) is 1.00. The minimum atomic E-state index is -0.345. The zero-order valence-electron chi connectivity index (χ0n) is 9.99. The van der Waals surface area contributed by atoms with Gasteiger partial charge in [0.1, 0.15) is 0 Å². The van der Waals surface area contributed by atoms with Crippen molar-refractivity contribution >= 4 is 0 Å². The molecule has 4 aliphatic carbocycles. The topological polar surface area (TPSA) is 32.3 Å². The van der Waals surface area contributed by atoms with Crippen molar-refractivity contribution in [2.75, 3.05) is 13.1 Å². The summed E-state index contributed by atoms with van der Waals surface area (Å²) in [5.74, 6) is 4.41. The third-order valence-electron chi connectivity index (χ3n) is 6.01. The molecule has 0 aromatic heterocycles. The van der Waals surface area contributed by atoms with Crippen LogP contribution in [0.25, 0.3) is 0 Å². The predicted octanol–water partition coefficient (Wildman–Crippen LogP) is 1.78. The molecule has 4 bridgehead atoms. The molecular formula is C14H23NO.